The Balaban J connectivity index is 0.00000357. The Hall–Kier alpha value is -4.53. The quantitative estimate of drug-likeness (QED) is 0.172. The van der Waals surface area contributed by atoms with E-state index in [1.807, 2.05) is 48.5 Å². The van der Waals surface area contributed by atoms with Crippen molar-refractivity contribution in [3.05, 3.63) is 132 Å². The molecule has 7 aromatic rings. The van der Waals surface area contributed by atoms with E-state index in [2.05, 4.69) is 99.0 Å². The number of hydrogen-bond donors (Lipinski definition) is 1. The molecular formula is C40H34N3OPt-. The van der Waals surface area contributed by atoms with Crippen molar-refractivity contribution >= 4 is 21.8 Å². The average molecular weight is 768 g/mol. The molecule has 226 valence electrons. The number of imidazole rings is 1. The number of para-hydroxylation sites is 3. The van der Waals surface area contributed by atoms with E-state index in [4.69, 9.17) is 9.97 Å². The first kappa shape index (κ1) is 30.5. The minimum atomic E-state index is 0. The fraction of sp³-hybridized carbons (Fsp3) is 0.150. The zero-order valence-electron chi connectivity index (χ0n) is 25.7. The van der Waals surface area contributed by atoms with Crippen molar-refractivity contribution in [3.63, 3.8) is 0 Å². The van der Waals surface area contributed by atoms with Crippen molar-refractivity contribution in [2.24, 2.45) is 0 Å². The summed E-state index contributed by atoms with van der Waals surface area (Å²) in [6.07, 6.45) is 0. The van der Waals surface area contributed by atoms with Gasteiger partial charge in [0.25, 0.3) is 0 Å². The second kappa shape index (κ2) is 12.5. The first-order valence-corrected chi connectivity index (χ1v) is 15.2. The SMILES string of the molecule is CC(C)c1cccc(C(C)C)c1-n1c(-c2ccccc2O)nc2c(-c3cccc(-c4[c-]cc5ccccc5c4)n3)cccc21.[Pt]. The van der Waals surface area contributed by atoms with Gasteiger partial charge in [-0.15, -0.1) is 29.1 Å². The molecule has 0 amide bonds. The summed E-state index contributed by atoms with van der Waals surface area (Å²) in [4.78, 5) is 10.4. The molecule has 0 saturated heterocycles. The maximum atomic E-state index is 11.1. The Morgan fingerprint density at radius 2 is 1.27 bits per heavy atom. The van der Waals surface area contributed by atoms with Crippen LogP contribution in [0.1, 0.15) is 50.7 Å². The summed E-state index contributed by atoms with van der Waals surface area (Å²) in [5.41, 5.74) is 9.69. The topological polar surface area (TPSA) is 50.9 Å². The Labute approximate surface area is 278 Å². The molecule has 5 heteroatoms. The number of aromatic hydroxyl groups is 1. The molecule has 5 aromatic carbocycles. The molecule has 1 N–H and O–H groups in total. The molecule has 45 heavy (non-hydrogen) atoms. The van der Waals surface area contributed by atoms with Crippen LogP contribution in [0.5, 0.6) is 5.75 Å². The Morgan fingerprint density at radius 3 is 2.00 bits per heavy atom. The number of fused-ring (bicyclic) bond motifs is 2. The van der Waals surface area contributed by atoms with Crippen LogP contribution in [-0.2, 0) is 21.1 Å². The number of rotatable bonds is 6. The van der Waals surface area contributed by atoms with Crippen molar-refractivity contribution in [1.29, 1.82) is 0 Å². The summed E-state index contributed by atoms with van der Waals surface area (Å²) >= 11 is 0. The van der Waals surface area contributed by atoms with Gasteiger partial charge in [0.15, 0.2) is 0 Å². The molecule has 4 nitrogen and oxygen atoms in total. The van der Waals surface area contributed by atoms with Crippen molar-refractivity contribution in [2.75, 3.05) is 0 Å². The molecule has 2 aromatic heterocycles. The molecule has 0 spiro atoms. The van der Waals surface area contributed by atoms with Crippen molar-refractivity contribution in [2.45, 2.75) is 39.5 Å². The molecule has 0 aliphatic rings. The van der Waals surface area contributed by atoms with Gasteiger partial charge < -0.3 is 5.11 Å². The summed E-state index contributed by atoms with van der Waals surface area (Å²) in [6.45, 7) is 8.91. The average Bonchev–Trinajstić information content (AvgIpc) is 3.43. The van der Waals surface area contributed by atoms with Gasteiger partial charge in [0, 0.05) is 26.6 Å². The van der Waals surface area contributed by atoms with Gasteiger partial charge in [-0.3, -0.25) is 9.55 Å². The van der Waals surface area contributed by atoms with Crippen molar-refractivity contribution in [3.8, 4) is 45.3 Å². The second-order valence-corrected chi connectivity index (χ2v) is 11.9. The monoisotopic (exact) mass is 767 g/mol. The predicted molar refractivity (Wildman–Crippen MR) is 181 cm³/mol. The van der Waals surface area contributed by atoms with Crippen LogP contribution in [0.15, 0.2) is 115 Å². The number of pyridine rings is 1. The summed E-state index contributed by atoms with van der Waals surface area (Å²) in [7, 11) is 0. The first-order chi connectivity index (χ1) is 21.4. The smallest absolute Gasteiger partial charge is 0.149 e. The van der Waals surface area contributed by atoms with Gasteiger partial charge in [-0.05, 0) is 52.9 Å². The fourth-order valence-corrected chi connectivity index (χ4v) is 6.15. The fourth-order valence-electron chi connectivity index (χ4n) is 6.15. The number of benzene rings is 5. The normalized spacial score (nSPS) is 11.4. The Morgan fingerprint density at radius 1 is 0.644 bits per heavy atom. The van der Waals surface area contributed by atoms with Crippen molar-refractivity contribution < 1.29 is 26.2 Å². The molecule has 2 heterocycles. The van der Waals surface area contributed by atoms with Crippen LogP contribution in [0.25, 0.3) is 61.4 Å². The van der Waals surface area contributed by atoms with Crippen LogP contribution in [0.2, 0.25) is 0 Å². The van der Waals surface area contributed by atoms with Crippen LogP contribution < -0.4 is 0 Å². The van der Waals surface area contributed by atoms with Gasteiger partial charge in [-0.1, -0.05) is 112 Å². The number of hydrogen-bond acceptors (Lipinski definition) is 3. The summed E-state index contributed by atoms with van der Waals surface area (Å²) in [6, 6.07) is 42.3. The molecule has 0 atom stereocenters. The number of nitrogens with zero attached hydrogens (tertiary/aromatic N) is 3. The molecule has 0 bridgehead atoms. The Bertz CT molecular complexity index is 2140. The first-order valence-electron chi connectivity index (χ1n) is 15.2. The summed E-state index contributed by atoms with van der Waals surface area (Å²) in [5, 5.41) is 13.4. The summed E-state index contributed by atoms with van der Waals surface area (Å²) in [5.74, 6) is 1.49. The standard InChI is InChI=1S/C40H34N3O.Pt/c1-25(2)30-15-9-16-31(26(3)4)39(30)43-36-20-10-17-32(38(36)42-40(43)33-14-7-8-21-37(33)44)35-19-11-18-34(41-35)29-23-22-27-12-5-6-13-28(27)24-29;/h5-22,24-26,44H,1-4H3;/q-1;. The van der Waals surface area contributed by atoms with E-state index >= 15 is 0 Å². The van der Waals surface area contributed by atoms with E-state index in [1.54, 1.807) is 6.07 Å². The van der Waals surface area contributed by atoms with E-state index in [0.717, 1.165) is 50.0 Å². The van der Waals surface area contributed by atoms with Gasteiger partial charge in [0.05, 0.1) is 28.0 Å². The molecule has 7 rings (SSSR count). The number of aromatic nitrogens is 3. The zero-order valence-corrected chi connectivity index (χ0v) is 28.0. The van der Waals surface area contributed by atoms with E-state index in [1.165, 1.54) is 11.1 Å². The number of phenols is 1. The molecule has 0 unspecified atom stereocenters. The third-order valence-electron chi connectivity index (χ3n) is 8.38. The second-order valence-electron chi connectivity index (χ2n) is 11.9. The minimum absolute atomic E-state index is 0. The zero-order chi connectivity index (χ0) is 30.4. The van der Waals surface area contributed by atoms with Gasteiger partial charge in [-0.2, -0.15) is 0 Å². The van der Waals surface area contributed by atoms with Crippen LogP contribution in [0, 0.1) is 6.07 Å². The third-order valence-corrected chi connectivity index (χ3v) is 8.38. The van der Waals surface area contributed by atoms with E-state index in [0.29, 0.717) is 11.4 Å². The summed E-state index contributed by atoms with van der Waals surface area (Å²) < 4.78 is 2.25. The maximum Gasteiger partial charge on any atom is 0.149 e. The Kier molecular flexibility index (Phi) is 8.44. The van der Waals surface area contributed by atoms with Gasteiger partial charge >= 0.3 is 0 Å². The van der Waals surface area contributed by atoms with Gasteiger partial charge in [0.2, 0.25) is 0 Å². The van der Waals surface area contributed by atoms with Gasteiger partial charge in [0.1, 0.15) is 11.6 Å². The molecule has 0 radical (unpaired) electrons. The van der Waals surface area contributed by atoms with E-state index in [9.17, 15) is 5.11 Å². The maximum absolute atomic E-state index is 11.1. The van der Waals surface area contributed by atoms with Crippen molar-refractivity contribution in [1.82, 2.24) is 14.5 Å². The van der Waals surface area contributed by atoms with Crippen LogP contribution >= 0.6 is 0 Å². The molecular weight excluding hydrogens is 734 g/mol. The van der Waals surface area contributed by atoms with Crippen LogP contribution in [0.4, 0.5) is 0 Å². The predicted octanol–water partition coefficient (Wildman–Crippen LogP) is 10.3. The number of phenolic OH excluding ortho intramolecular Hbond substituents is 1. The molecule has 0 aliphatic carbocycles. The molecule has 0 saturated carbocycles. The molecule has 0 fully saturated rings. The minimum Gasteiger partial charge on any atom is -0.507 e. The largest absolute Gasteiger partial charge is 0.507 e. The molecule has 0 aliphatic heterocycles. The third kappa shape index (κ3) is 5.49. The van der Waals surface area contributed by atoms with Gasteiger partial charge in [-0.25, -0.2) is 4.98 Å². The van der Waals surface area contributed by atoms with E-state index in [-0.39, 0.29) is 38.7 Å². The van der Waals surface area contributed by atoms with Crippen LogP contribution in [-0.4, -0.2) is 19.6 Å². The van der Waals surface area contributed by atoms with Crippen LogP contribution in [0.3, 0.4) is 0 Å². The van der Waals surface area contributed by atoms with E-state index < -0.39 is 0 Å².